The van der Waals surface area contributed by atoms with E-state index >= 15 is 0 Å². The van der Waals surface area contributed by atoms with Crippen molar-refractivity contribution in [2.75, 3.05) is 16.8 Å². The number of benzene rings is 1. The minimum absolute atomic E-state index is 0.0803. The molecule has 0 unspecified atom stereocenters. The lowest BCUT2D eigenvalue weighted by atomic mass is 9.88. The van der Waals surface area contributed by atoms with Gasteiger partial charge in [0.05, 0.1) is 11.4 Å². The second kappa shape index (κ2) is 9.69. The maximum Gasteiger partial charge on any atom is 0.228 e. The highest BCUT2D eigenvalue weighted by atomic mass is 32.1. The summed E-state index contributed by atoms with van der Waals surface area (Å²) in [5.41, 5.74) is 3.12. The molecule has 32 heavy (non-hydrogen) atoms. The van der Waals surface area contributed by atoms with Crippen LogP contribution in [0.5, 0.6) is 0 Å². The van der Waals surface area contributed by atoms with E-state index in [9.17, 15) is 14.4 Å². The highest BCUT2D eigenvalue weighted by molar-refractivity contribution is 7.10. The molecule has 2 heterocycles. The summed E-state index contributed by atoms with van der Waals surface area (Å²) >= 11 is 1.54. The average Bonchev–Trinajstić information content (AvgIpc) is 3.25. The van der Waals surface area contributed by atoms with Crippen molar-refractivity contribution in [3.63, 3.8) is 0 Å². The first-order valence-corrected chi connectivity index (χ1v) is 12.1. The average molecular weight is 452 g/mol. The van der Waals surface area contributed by atoms with Crippen LogP contribution in [0.3, 0.4) is 0 Å². The number of fused-ring (bicyclic) bond motifs is 1. The number of Topliss-reactive ketones (excluding diaryl/α,β-unsaturated/α-hetero) is 1. The van der Waals surface area contributed by atoms with E-state index in [0.29, 0.717) is 24.5 Å². The third-order valence-electron chi connectivity index (χ3n) is 5.79. The van der Waals surface area contributed by atoms with Gasteiger partial charge in [-0.05, 0) is 42.3 Å². The van der Waals surface area contributed by atoms with Crippen LogP contribution in [0.2, 0.25) is 0 Å². The molecular formula is C25H29N3O3S. The molecule has 2 aromatic rings. The van der Waals surface area contributed by atoms with Gasteiger partial charge in [0.25, 0.3) is 0 Å². The Balaban J connectivity index is 1.72. The van der Waals surface area contributed by atoms with Crippen molar-refractivity contribution in [2.24, 2.45) is 5.92 Å². The number of thiophene rings is 1. The fourth-order valence-corrected chi connectivity index (χ4v) is 5.10. The van der Waals surface area contributed by atoms with Gasteiger partial charge in [-0.1, -0.05) is 32.0 Å². The SMILES string of the molecule is CC(C)CNC(=O)CCC(=O)N1c2ccccc2NC2=C(C(=O)CCC2)[C@H]1c1cccs1. The van der Waals surface area contributed by atoms with E-state index in [1.165, 1.54) is 0 Å². The molecule has 2 N–H and O–H groups in total. The van der Waals surface area contributed by atoms with Crippen LogP contribution < -0.4 is 15.5 Å². The molecule has 1 aromatic carbocycles. The van der Waals surface area contributed by atoms with Crippen LogP contribution in [-0.2, 0) is 14.4 Å². The number of para-hydroxylation sites is 2. The fourth-order valence-electron chi connectivity index (χ4n) is 4.27. The summed E-state index contributed by atoms with van der Waals surface area (Å²) in [6.07, 6.45) is 2.26. The number of carbonyl (C=O) groups is 3. The van der Waals surface area contributed by atoms with E-state index in [2.05, 4.69) is 10.6 Å². The van der Waals surface area contributed by atoms with Gasteiger partial charge in [0.15, 0.2) is 5.78 Å². The van der Waals surface area contributed by atoms with Crippen molar-refractivity contribution in [3.05, 3.63) is 57.9 Å². The molecule has 1 aromatic heterocycles. The first kappa shape index (κ1) is 22.3. The molecule has 0 saturated heterocycles. The predicted octanol–water partition coefficient (Wildman–Crippen LogP) is 4.81. The van der Waals surface area contributed by atoms with Crippen LogP contribution in [0, 0.1) is 5.92 Å². The van der Waals surface area contributed by atoms with Gasteiger partial charge in [-0.15, -0.1) is 11.3 Å². The summed E-state index contributed by atoms with van der Waals surface area (Å²) in [5, 5.41) is 8.30. The Morgan fingerprint density at radius 1 is 1.16 bits per heavy atom. The maximum atomic E-state index is 13.6. The van der Waals surface area contributed by atoms with Crippen LogP contribution in [0.4, 0.5) is 11.4 Å². The molecule has 2 aliphatic rings. The van der Waals surface area contributed by atoms with E-state index < -0.39 is 6.04 Å². The lowest BCUT2D eigenvalue weighted by Crippen LogP contribution is -2.38. The summed E-state index contributed by atoms with van der Waals surface area (Å²) in [6, 6.07) is 11.1. The number of anilines is 2. The minimum Gasteiger partial charge on any atom is -0.357 e. The molecule has 1 aliphatic carbocycles. The van der Waals surface area contributed by atoms with E-state index in [0.717, 1.165) is 34.8 Å². The fraction of sp³-hybridized carbons (Fsp3) is 0.400. The van der Waals surface area contributed by atoms with Gasteiger partial charge in [-0.2, -0.15) is 0 Å². The van der Waals surface area contributed by atoms with E-state index in [1.807, 2.05) is 55.6 Å². The van der Waals surface area contributed by atoms with Crippen molar-refractivity contribution in [1.82, 2.24) is 5.32 Å². The quantitative estimate of drug-likeness (QED) is 0.661. The first-order chi connectivity index (χ1) is 15.5. The molecular weight excluding hydrogens is 422 g/mol. The number of carbonyl (C=O) groups excluding carboxylic acids is 3. The number of rotatable bonds is 6. The van der Waals surface area contributed by atoms with Gasteiger partial charge >= 0.3 is 0 Å². The van der Waals surface area contributed by atoms with Crippen LogP contribution >= 0.6 is 11.3 Å². The second-order valence-corrected chi connectivity index (χ2v) is 9.67. The maximum absolute atomic E-state index is 13.6. The second-order valence-electron chi connectivity index (χ2n) is 8.69. The van der Waals surface area contributed by atoms with Crippen LogP contribution in [0.15, 0.2) is 53.0 Å². The molecule has 0 bridgehead atoms. The molecule has 0 saturated carbocycles. The largest absolute Gasteiger partial charge is 0.357 e. The molecule has 0 fully saturated rings. The summed E-state index contributed by atoms with van der Waals surface area (Å²) in [6.45, 7) is 4.65. The Kier molecular flexibility index (Phi) is 6.74. The van der Waals surface area contributed by atoms with Gasteiger partial charge in [-0.25, -0.2) is 0 Å². The Labute approximate surface area is 192 Å². The zero-order valence-electron chi connectivity index (χ0n) is 18.5. The Morgan fingerprint density at radius 2 is 1.97 bits per heavy atom. The summed E-state index contributed by atoms with van der Waals surface area (Å²) in [5.74, 6) is 0.139. The van der Waals surface area contributed by atoms with Gasteiger partial charge < -0.3 is 10.6 Å². The monoisotopic (exact) mass is 451 g/mol. The van der Waals surface area contributed by atoms with E-state index in [-0.39, 0.29) is 30.4 Å². The van der Waals surface area contributed by atoms with Gasteiger partial charge in [-0.3, -0.25) is 19.3 Å². The van der Waals surface area contributed by atoms with Crippen LogP contribution in [-0.4, -0.2) is 24.1 Å². The molecule has 6 nitrogen and oxygen atoms in total. The minimum atomic E-state index is -0.486. The molecule has 1 atom stereocenters. The number of nitrogens with zero attached hydrogens (tertiary/aromatic N) is 1. The van der Waals surface area contributed by atoms with Gasteiger partial charge in [0, 0.05) is 42.0 Å². The van der Waals surface area contributed by atoms with Crippen molar-refractivity contribution in [2.45, 2.75) is 52.0 Å². The lowest BCUT2D eigenvalue weighted by Gasteiger charge is -2.33. The summed E-state index contributed by atoms with van der Waals surface area (Å²) in [7, 11) is 0. The highest BCUT2D eigenvalue weighted by Crippen LogP contribution is 2.46. The lowest BCUT2D eigenvalue weighted by molar-refractivity contribution is -0.125. The molecule has 1 aliphatic heterocycles. The Morgan fingerprint density at radius 3 is 2.72 bits per heavy atom. The zero-order chi connectivity index (χ0) is 22.7. The van der Waals surface area contributed by atoms with E-state index in [4.69, 9.17) is 0 Å². The van der Waals surface area contributed by atoms with Gasteiger partial charge in [0.2, 0.25) is 11.8 Å². The van der Waals surface area contributed by atoms with Crippen molar-refractivity contribution < 1.29 is 14.4 Å². The third-order valence-corrected chi connectivity index (χ3v) is 6.72. The highest BCUT2D eigenvalue weighted by Gasteiger charge is 2.39. The summed E-state index contributed by atoms with van der Waals surface area (Å²) < 4.78 is 0. The van der Waals surface area contributed by atoms with Crippen molar-refractivity contribution in [1.29, 1.82) is 0 Å². The topological polar surface area (TPSA) is 78.5 Å². The molecule has 7 heteroatoms. The zero-order valence-corrected chi connectivity index (χ0v) is 19.3. The number of amides is 2. The number of nitrogens with one attached hydrogen (secondary N) is 2. The van der Waals surface area contributed by atoms with Crippen molar-refractivity contribution in [3.8, 4) is 0 Å². The summed E-state index contributed by atoms with van der Waals surface area (Å²) in [4.78, 5) is 41.7. The molecule has 4 rings (SSSR count). The predicted molar refractivity (Wildman–Crippen MR) is 128 cm³/mol. The van der Waals surface area contributed by atoms with Crippen LogP contribution in [0.25, 0.3) is 0 Å². The standard InChI is InChI=1S/C25H29N3O3S/c1-16(2)15-26-22(30)12-13-23(31)28-19-9-4-3-7-17(19)27-18-8-5-10-20(29)24(18)25(28)21-11-6-14-32-21/h3-4,6-7,9,11,14,16,25,27H,5,8,10,12-13,15H2,1-2H3,(H,26,30)/t25-/m1/s1. The van der Waals surface area contributed by atoms with Gasteiger partial charge in [0.1, 0.15) is 6.04 Å². The molecule has 168 valence electrons. The van der Waals surface area contributed by atoms with Crippen LogP contribution in [0.1, 0.15) is 56.9 Å². The Bertz CT molecular complexity index is 1040. The number of hydrogen-bond donors (Lipinski definition) is 2. The number of allylic oxidation sites excluding steroid dienone is 1. The van der Waals surface area contributed by atoms with Crippen molar-refractivity contribution >= 4 is 40.3 Å². The van der Waals surface area contributed by atoms with E-state index in [1.54, 1.807) is 16.2 Å². The number of ketones is 1. The Hall–Kier alpha value is -2.93. The molecule has 2 amide bonds. The smallest absolute Gasteiger partial charge is 0.228 e. The number of hydrogen-bond acceptors (Lipinski definition) is 5. The normalized spacial score (nSPS) is 18.0. The molecule has 0 spiro atoms. The third kappa shape index (κ3) is 4.63. The first-order valence-electron chi connectivity index (χ1n) is 11.2. The molecule has 0 radical (unpaired) electrons.